The summed E-state index contributed by atoms with van der Waals surface area (Å²) in [7, 11) is 4.06. The van der Waals surface area contributed by atoms with Gasteiger partial charge in [0.15, 0.2) is 0 Å². The molecule has 1 aromatic carbocycles. The van der Waals surface area contributed by atoms with Crippen LogP contribution in [0.25, 0.3) is 11.3 Å². The van der Waals surface area contributed by atoms with E-state index in [1.165, 1.54) is 5.69 Å². The fourth-order valence-corrected chi connectivity index (χ4v) is 1.46. The Morgan fingerprint density at radius 3 is 2.40 bits per heavy atom. The zero-order valence-corrected chi connectivity index (χ0v) is 9.01. The van der Waals surface area contributed by atoms with Crippen LogP contribution >= 0.6 is 0 Å². The van der Waals surface area contributed by atoms with Gasteiger partial charge in [0.2, 0.25) is 0 Å². The quantitative estimate of drug-likeness (QED) is 0.737. The molecule has 0 radical (unpaired) electrons. The summed E-state index contributed by atoms with van der Waals surface area (Å²) in [4.78, 5) is 6.44. The molecule has 0 amide bonds. The van der Waals surface area contributed by atoms with Crippen molar-refractivity contribution in [1.29, 1.82) is 0 Å². The van der Waals surface area contributed by atoms with Gasteiger partial charge in [0.05, 0.1) is 5.69 Å². The summed E-state index contributed by atoms with van der Waals surface area (Å²) in [5.41, 5.74) is 3.34. The van der Waals surface area contributed by atoms with Crippen LogP contribution in [0.5, 0.6) is 0 Å². The highest BCUT2D eigenvalue weighted by atomic mass is 15.1. The first-order valence-corrected chi connectivity index (χ1v) is 4.96. The Morgan fingerprint density at radius 2 is 1.73 bits per heavy atom. The van der Waals surface area contributed by atoms with E-state index in [0.29, 0.717) is 0 Å². The second-order valence-corrected chi connectivity index (χ2v) is 3.66. The van der Waals surface area contributed by atoms with Crippen molar-refractivity contribution >= 4 is 5.69 Å². The molecule has 1 aromatic heterocycles. The maximum absolute atomic E-state index is 4.37. The summed E-state index contributed by atoms with van der Waals surface area (Å²) in [5, 5.41) is 0. The molecule has 2 rings (SSSR count). The molecule has 76 valence electrons. The summed E-state index contributed by atoms with van der Waals surface area (Å²) in [6.07, 6.45) is 1.84. The van der Waals surface area contributed by atoms with E-state index in [-0.39, 0.29) is 0 Å². The molecule has 0 fully saturated rings. The van der Waals surface area contributed by atoms with E-state index in [9.17, 15) is 0 Å². The standard InChI is InChI=1S/C13H14N2/c1-15(2)12-8-9-14-13(10-12)11-6-4-3-5-7-11/h3-10H,1-2H3. The number of benzene rings is 1. The highest BCUT2D eigenvalue weighted by Crippen LogP contribution is 2.20. The van der Waals surface area contributed by atoms with E-state index in [1.54, 1.807) is 0 Å². The van der Waals surface area contributed by atoms with Crippen molar-refractivity contribution in [3.8, 4) is 11.3 Å². The van der Waals surface area contributed by atoms with E-state index in [0.717, 1.165) is 11.3 Å². The minimum Gasteiger partial charge on any atom is -0.378 e. The number of rotatable bonds is 2. The van der Waals surface area contributed by atoms with E-state index in [4.69, 9.17) is 0 Å². The first-order chi connectivity index (χ1) is 7.27. The molecule has 2 aromatic rings. The van der Waals surface area contributed by atoms with Crippen LogP contribution in [-0.2, 0) is 0 Å². The zero-order chi connectivity index (χ0) is 10.7. The Morgan fingerprint density at radius 1 is 1.00 bits per heavy atom. The summed E-state index contributed by atoms with van der Waals surface area (Å²) in [5.74, 6) is 0. The van der Waals surface area contributed by atoms with Crippen LogP contribution < -0.4 is 4.90 Å². The van der Waals surface area contributed by atoms with Crippen molar-refractivity contribution in [2.24, 2.45) is 0 Å². The van der Waals surface area contributed by atoms with Crippen LogP contribution in [0.3, 0.4) is 0 Å². The fraction of sp³-hybridized carbons (Fsp3) is 0.154. The van der Waals surface area contributed by atoms with Crippen LogP contribution in [0.15, 0.2) is 48.7 Å². The van der Waals surface area contributed by atoms with Gasteiger partial charge in [0, 0.05) is 31.5 Å². The minimum atomic E-state index is 1.02. The van der Waals surface area contributed by atoms with E-state index in [2.05, 4.69) is 28.1 Å². The Balaban J connectivity index is 2.42. The molecule has 2 nitrogen and oxygen atoms in total. The van der Waals surface area contributed by atoms with E-state index >= 15 is 0 Å². The van der Waals surface area contributed by atoms with Crippen molar-refractivity contribution in [2.45, 2.75) is 0 Å². The monoisotopic (exact) mass is 198 g/mol. The van der Waals surface area contributed by atoms with Crippen LogP contribution in [0, 0.1) is 0 Å². The number of hydrogen-bond donors (Lipinski definition) is 0. The molecule has 0 N–H and O–H groups in total. The van der Waals surface area contributed by atoms with E-state index < -0.39 is 0 Å². The molecule has 0 aliphatic carbocycles. The van der Waals surface area contributed by atoms with Gasteiger partial charge in [-0.05, 0) is 12.1 Å². The van der Waals surface area contributed by atoms with E-state index in [1.807, 2.05) is 44.6 Å². The van der Waals surface area contributed by atoms with Gasteiger partial charge in [-0.25, -0.2) is 0 Å². The molecular formula is C13H14N2. The lowest BCUT2D eigenvalue weighted by Crippen LogP contribution is -2.08. The van der Waals surface area contributed by atoms with Gasteiger partial charge in [0.25, 0.3) is 0 Å². The number of pyridine rings is 1. The normalized spacial score (nSPS) is 10.0. The maximum atomic E-state index is 4.37. The molecule has 1 heterocycles. The maximum Gasteiger partial charge on any atom is 0.0722 e. The molecule has 15 heavy (non-hydrogen) atoms. The van der Waals surface area contributed by atoms with Gasteiger partial charge in [0.1, 0.15) is 0 Å². The summed E-state index contributed by atoms with van der Waals surface area (Å²) < 4.78 is 0. The SMILES string of the molecule is CN(C)c1ccnc(-c2ccccc2)c1. The van der Waals surface area contributed by atoms with Gasteiger partial charge in [-0.15, -0.1) is 0 Å². The highest BCUT2D eigenvalue weighted by Gasteiger charge is 2.00. The van der Waals surface area contributed by atoms with Crippen LogP contribution in [0.1, 0.15) is 0 Å². The third-order valence-corrected chi connectivity index (χ3v) is 2.33. The fourth-order valence-electron chi connectivity index (χ4n) is 1.46. The summed E-state index contributed by atoms with van der Waals surface area (Å²) in [6.45, 7) is 0. The third-order valence-electron chi connectivity index (χ3n) is 2.33. The van der Waals surface area contributed by atoms with Gasteiger partial charge >= 0.3 is 0 Å². The molecule has 0 aliphatic rings. The second-order valence-electron chi connectivity index (χ2n) is 3.66. The van der Waals surface area contributed by atoms with Crippen molar-refractivity contribution in [3.63, 3.8) is 0 Å². The molecule has 0 atom stereocenters. The largest absolute Gasteiger partial charge is 0.378 e. The average Bonchev–Trinajstić information content (AvgIpc) is 2.30. The highest BCUT2D eigenvalue weighted by molar-refractivity contribution is 5.63. The lowest BCUT2D eigenvalue weighted by Gasteiger charge is -2.12. The molecule has 0 saturated heterocycles. The number of nitrogens with zero attached hydrogens (tertiary/aromatic N) is 2. The van der Waals surface area contributed by atoms with Gasteiger partial charge in [-0.3, -0.25) is 4.98 Å². The molecule has 0 bridgehead atoms. The molecule has 0 saturated carbocycles. The van der Waals surface area contributed by atoms with Crippen molar-refractivity contribution in [1.82, 2.24) is 4.98 Å². The van der Waals surface area contributed by atoms with Gasteiger partial charge in [-0.2, -0.15) is 0 Å². The van der Waals surface area contributed by atoms with Gasteiger partial charge < -0.3 is 4.90 Å². The smallest absolute Gasteiger partial charge is 0.0722 e. The molecule has 0 unspecified atom stereocenters. The molecular weight excluding hydrogens is 184 g/mol. The number of aromatic nitrogens is 1. The Bertz CT molecular complexity index is 435. The lowest BCUT2D eigenvalue weighted by molar-refractivity contribution is 1.12. The van der Waals surface area contributed by atoms with Gasteiger partial charge in [-0.1, -0.05) is 30.3 Å². The van der Waals surface area contributed by atoms with Crippen molar-refractivity contribution in [3.05, 3.63) is 48.7 Å². The van der Waals surface area contributed by atoms with Crippen molar-refractivity contribution in [2.75, 3.05) is 19.0 Å². The molecule has 0 spiro atoms. The Kier molecular flexibility index (Phi) is 2.68. The van der Waals surface area contributed by atoms with Crippen LogP contribution in [0.4, 0.5) is 5.69 Å². The number of anilines is 1. The summed E-state index contributed by atoms with van der Waals surface area (Å²) in [6, 6.07) is 14.3. The second kappa shape index (κ2) is 4.13. The topological polar surface area (TPSA) is 16.1 Å². The molecule has 2 heteroatoms. The summed E-state index contributed by atoms with van der Waals surface area (Å²) >= 11 is 0. The first kappa shape index (κ1) is 9.71. The predicted molar refractivity (Wildman–Crippen MR) is 64.0 cm³/mol. The average molecular weight is 198 g/mol. The van der Waals surface area contributed by atoms with Crippen LogP contribution in [-0.4, -0.2) is 19.1 Å². The minimum absolute atomic E-state index is 1.02. The third kappa shape index (κ3) is 2.15. The lowest BCUT2D eigenvalue weighted by atomic mass is 10.1. The first-order valence-electron chi connectivity index (χ1n) is 4.96. The van der Waals surface area contributed by atoms with Crippen molar-refractivity contribution < 1.29 is 0 Å². The molecule has 0 aliphatic heterocycles. The Labute approximate surface area is 90.2 Å². The Hall–Kier alpha value is -1.83. The van der Waals surface area contributed by atoms with Crippen LogP contribution in [0.2, 0.25) is 0 Å². The zero-order valence-electron chi connectivity index (χ0n) is 9.01. The number of hydrogen-bond acceptors (Lipinski definition) is 2. The predicted octanol–water partition coefficient (Wildman–Crippen LogP) is 2.81.